The van der Waals surface area contributed by atoms with Crippen molar-refractivity contribution in [3.05, 3.63) is 0 Å². The summed E-state index contributed by atoms with van der Waals surface area (Å²) in [6.45, 7) is 0.451. The Balaban J connectivity index is 2.19. The number of hydrogen-bond donors (Lipinski definition) is 4. The van der Waals surface area contributed by atoms with Gasteiger partial charge in [-0.2, -0.15) is 0 Å². The molecule has 0 amide bonds. The topological polar surface area (TPSA) is 84.2 Å². The Kier molecular flexibility index (Phi) is 2.29. The largest absolute Gasteiger partial charge is 0.395 e. The fraction of sp³-hybridized carbons (Fsp3) is 1.00. The molecule has 0 aromatic heterocycles. The zero-order valence-electron chi connectivity index (χ0n) is 7.24. The highest BCUT2D eigenvalue weighted by atomic mass is 16.3. The van der Waals surface area contributed by atoms with Gasteiger partial charge in [-0.15, -0.1) is 0 Å². The van der Waals surface area contributed by atoms with Crippen LogP contribution in [-0.2, 0) is 0 Å². The van der Waals surface area contributed by atoms with Crippen molar-refractivity contribution in [3.63, 3.8) is 0 Å². The Bertz CT molecular complexity index is 201. The summed E-state index contributed by atoms with van der Waals surface area (Å²) in [7, 11) is 0. The van der Waals surface area contributed by atoms with E-state index in [4.69, 9.17) is 5.11 Å². The first-order chi connectivity index (χ1) is 6.16. The summed E-state index contributed by atoms with van der Waals surface area (Å²) in [6, 6.07) is -0.815. The molecule has 2 aliphatic heterocycles. The Morgan fingerprint density at radius 3 is 2.46 bits per heavy atom. The molecule has 2 heterocycles. The molecule has 1 unspecified atom stereocenters. The highest BCUT2D eigenvalue weighted by Crippen LogP contribution is 2.33. The number of aliphatic hydroxyl groups is 4. The molecular weight excluding hydrogens is 174 g/mol. The van der Waals surface area contributed by atoms with Crippen molar-refractivity contribution in [1.82, 2.24) is 4.90 Å². The molecule has 0 aromatic rings. The summed E-state index contributed by atoms with van der Waals surface area (Å²) in [5.74, 6) is 0. The number of aliphatic hydroxyl groups excluding tert-OH is 4. The maximum atomic E-state index is 9.58. The minimum absolute atomic E-state index is 0.179. The molecule has 4 N–H and O–H groups in total. The van der Waals surface area contributed by atoms with Crippen molar-refractivity contribution in [2.24, 2.45) is 0 Å². The lowest BCUT2D eigenvalue weighted by molar-refractivity contribution is -0.000895. The van der Waals surface area contributed by atoms with E-state index in [-0.39, 0.29) is 6.61 Å². The molecule has 0 bridgehead atoms. The van der Waals surface area contributed by atoms with Crippen LogP contribution >= 0.6 is 0 Å². The van der Waals surface area contributed by atoms with Gasteiger partial charge in [-0.25, -0.2) is 0 Å². The molecule has 2 aliphatic rings. The van der Waals surface area contributed by atoms with E-state index in [9.17, 15) is 15.3 Å². The SMILES string of the molecule is OC[C@@H]1[C@@H](O)[C@H](O)C2[C@@H](O)CCN21. The molecule has 13 heavy (non-hydrogen) atoms. The summed E-state index contributed by atoms with van der Waals surface area (Å²) in [4.78, 5) is 1.79. The Hall–Kier alpha value is -0.200. The lowest BCUT2D eigenvalue weighted by Gasteiger charge is -2.22. The van der Waals surface area contributed by atoms with Crippen molar-refractivity contribution in [2.45, 2.75) is 36.8 Å². The van der Waals surface area contributed by atoms with Crippen LogP contribution in [0.25, 0.3) is 0 Å². The minimum atomic E-state index is -0.940. The predicted molar refractivity (Wildman–Crippen MR) is 44.0 cm³/mol. The van der Waals surface area contributed by atoms with Crippen molar-refractivity contribution < 1.29 is 20.4 Å². The molecule has 5 heteroatoms. The van der Waals surface area contributed by atoms with Crippen molar-refractivity contribution >= 4 is 0 Å². The average Bonchev–Trinajstić information content (AvgIpc) is 2.57. The van der Waals surface area contributed by atoms with Crippen LogP contribution in [0.15, 0.2) is 0 Å². The quantitative estimate of drug-likeness (QED) is 0.367. The van der Waals surface area contributed by atoms with E-state index in [1.54, 1.807) is 4.90 Å². The minimum Gasteiger partial charge on any atom is -0.395 e. The molecule has 0 aromatic carbocycles. The van der Waals surface area contributed by atoms with Gasteiger partial charge in [0, 0.05) is 6.54 Å². The molecule has 0 saturated carbocycles. The van der Waals surface area contributed by atoms with Crippen LogP contribution in [0.4, 0.5) is 0 Å². The second-order valence-corrected chi connectivity index (χ2v) is 3.82. The maximum Gasteiger partial charge on any atom is 0.0995 e. The normalized spacial score (nSPS) is 51.2. The molecule has 5 nitrogen and oxygen atoms in total. The van der Waals surface area contributed by atoms with Gasteiger partial charge in [0.15, 0.2) is 0 Å². The third-order valence-corrected chi connectivity index (χ3v) is 3.17. The van der Waals surface area contributed by atoms with Crippen LogP contribution in [0, 0.1) is 0 Å². The van der Waals surface area contributed by atoms with Gasteiger partial charge in [0.2, 0.25) is 0 Å². The molecule has 2 fully saturated rings. The standard InChI is InChI=1S/C8H15NO4/c10-3-4-7(12)8(13)6-5(11)1-2-9(4)6/h4-8,10-13H,1-3H2/t4-,5+,6?,7-,8-/m1/s1. The second kappa shape index (κ2) is 3.18. The highest BCUT2D eigenvalue weighted by Gasteiger charge is 2.52. The number of fused-ring (bicyclic) bond motifs is 1. The van der Waals surface area contributed by atoms with Crippen LogP contribution in [0.3, 0.4) is 0 Å². The van der Waals surface area contributed by atoms with Crippen LogP contribution in [0.2, 0.25) is 0 Å². The summed E-state index contributed by atoms with van der Waals surface area (Å²) < 4.78 is 0. The Morgan fingerprint density at radius 1 is 1.15 bits per heavy atom. The molecule has 2 rings (SSSR count). The maximum absolute atomic E-state index is 9.58. The van der Waals surface area contributed by atoms with Gasteiger partial charge in [0.25, 0.3) is 0 Å². The van der Waals surface area contributed by atoms with Gasteiger partial charge < -0.3 is 20.4 Å². The van der Waals surface area contributed by atoms with Gasteiger partial charge >= 0.3 is 0 Å². The zero-order valence-corrected chi connectivity index (χ0v) is 7.24. The average molecular weight is 189 g/mol. The molecule has 76 valence electrons. The lowest BCUT2D eigenvalue weighted by atomic mass is 10.0. The van der Waals surface area contributed by atoms with E-state index >= 15 is 0 Å². The fourth-order valence-corrected chi connectivity index (χ4v) is 2.47. The van der Waals surface area contributed by atoms with Crippen LogP contribution in [0.1, 0.15) is 6.42 Å². The number of nitrogens with zero attached hydrogens (tertiary/aromatic N) is 1. The third kappa shape index (κ3) is 1.19. The monoisotopic (exact) mass is 189 g/mol. The van der Waals surface area contributed by atoms with Gasteiger partial charge in [0.1, 0.15) is 0 Å². The Labute approximate surface area is 76.2 Å². The van der Waals surface area contributed by atoms with Crippen molar-refractivity contribution in [1.29, 1.82) is 0 Å². The summed E-state index contributed by atoms with van der Waals surface area (Å²) in [5.41, 5.74) is 0. The highest BCUT2D eigenvalue weighted by molar-refractivity contribution is 5.06. The van der Waals surface area contributed by atoms with E-state index in [0.29, 0.717) is 13.0 Å². The summed E-state index contributed by atoms with van der Waals surface area (Å²) in [5, 5.41) is 37.6. The first kappa shape index (κ1) is 9.36. The van der Waals surface area contributed by atoms with E-state index in [1.807, 2.05) is 0 Å². The fourth-order valence-electron chi connectivity index (χ4n) is 2.47. The van der Waals surface area contributed by atoms with Gasteiger partial charge in [0.05, 0.1) is 37.0 Å². The predicted octanol–water partition coefficient (Wildman–Crippen LogP) is -2.48. The van der Waals surface area contributed by atoms with Crippen LogP contribution in [0.5, 0.6) is 0 Å². The van der Waals surface area contributed by atoms with Crippen LogP contribution < -0.4 is 0 Å². The van der Waals surface area contributed by atoms with Gasteiger partial charge in [-0.3, -0.25) is 4.90 Å². The molecule has 2 saturated heterocycles. The molecule has 0 spiro atoms. The van der Waals surface area contributed by atoms with Crippen molar-refractivity contribution in [2.75, 3.05) is 13.2 Å². The van der Waals surface area contributed by atoms with Crippen molar-refractivity contribution in [3.8, 4) is 0 Å². The van der Waals surface area contributed by atoms with E-state index in [2.05, 4.69) is 0 Å². The molecule has 0 radical (unpaired) electrons. The van der Waals surface area contributed by atoms with E-state index in [1.165, 1.54) is 0 Å². The molecular formula is C8H15NO4. The third-order valence-electron chi connectivity index (χ3n) is 3.17. The lowest BCUT2D eigenvalue weighted by Crippen LogP contribution is -2.39. The first-order valence-corrected chi connectivity index (χ1v) is 4.57. The number of rotatable bonds is 1. The smallest absolute Gasteiger partial charge is 0.0995 e. The molecule has 0 aliphatic carbocycles. The Morgan fingerprint density at radius 2 is 1.85 bits per heavy atom. The van der Waals surface area contributed by atoms with Gasteiger partial charge in [-0.1, -0.05) is 0 Å². The first-order valence-electron chi connectivity index (χ1n) is 4.57. The summed E-state index contributed by atoms with van der Waals surface area (Å²) >= 11 is 0. The van der Waals surface area contributed by atoms with Crippen LogP contribution in [-0.4, -0.2) is 68.9 Å². The van der Waals surface area contributed by atoms with E-state index in [0.717, 1.165) is 0 Å². The molecule has 5 atom stereocenters. The number of hydrogen-bond acceptors (Lipinski definition) is 5. The zero-order chi connectivity index (χ0) is 9.59. The second-order valence-electron chi connectivity index (χ2n) is 3.82. The van der Waals surface area contributed by atoms with E-state index < -0.39 is 30.4 Å². The van der Waals surface area contributed by atoms with Gasteiger partial charge in [-0.05, 0) is 6.42 Å². The summed E-state index contributed by atoms with van der Waals surface area (Å²) in [6.07, 6.45) is -1.86.